The lowest BCUT2D eigenvalue weighted by Crippen LogP contribution is -2.57. The van der Waals surface area contributed by atoms with Gasteiger partial charge in [0.15, 0.2) is 6.61 Å². The lowest BCUT2D eigenvalue weighted by molar-refractivity contribution is -0.203. The fourth-order valence-electron chi connectivity index (χ4n) is 5.73. The van der Waals surface area contributed by atoms with Crippen molar-refractivity contribution in [3.05, 3.63) is 0 Å². The highest BCUT2D eigenvalue weighted by atomic mass is 16.6. The van der Waals surface area contributed by atoms with Gasteiger partial charge in [-0.1, -0.05) is 6.92 Å². The van der Waals surface area contributed by atoms with Crippen molar-refractivity contribution in [3.8, 4) is 0 Å². The van der Waals surface area contributed by atoms with E-state index in [4.69, 9.17) is 9.47 Å². The molecule has 0 atom stereocenters. The minimum Gasteiger partial charge on any atom is -0.457 e. The molecule has 4 fully saturated rings. The summed E-state index contributed by atoms with van der Waals surface area (Å²) in [6.07, 6.45) is 8.33. The van der Waals surface area contributed by atoms with E-state index >= 15 is 0 Å². The standard InChI is InChI=1S/C21H34O4/c1-6-19(2,3)18(23)24-13-17(22)25-20(4,5)21-10-14-7-15(11-21)9-16(8-14)12-21/h14-16H,6-13H2,1-5H3. The van der Waals surface area contributed by atoms with E-state index in [0.717, 1.165) is 17.8 Å². The Bertz CT molecular complexity index is 511. The first-order chi connectivity index (χ1) is 11.6. The van der Waals surface area contributed by atoms with Crippen molar-refractivity contribution in [2.45, 2.75) is 85.2 Å². The normalized spacial score (nSPS) is 34.0. The monoisotopic (exact) mass is 350 g/mol. The van der Waals surface area contributed by atoms with Gasteiger partial charge in [0.25, 0.3) is 0 Å². The van der Waals surface area contributed by atoms with Gasteiger partial charge in [-0.25, -0.2) is 4.79 Å². The third-order valence-corrected chi connectivity index (χ3v) is 7.44. The topological polar surface area (TPSA) is 52.6 Å². The van der Waals surface area contributed by atoms with E-state index in [9.17, 15) is 9.59 Å². The Labute approximate surface area is 152 Å². The zero-order valence-corrected chi connectivity index (χ0v) is 16.5. The number of ether oxygens (including phenoxy) is 2. The molecule has 0 aromatic carbocycles. The molecule has 0 heterocycles. The molecule has 4 aliphatic carbocycles. The summed E-state index contributed by atoms with van der Waals surface area (Å²) in [7, 11) is 0. The molecule has 0 spiro atoms. The van der Waals surface area contributed by atoms with Crippen molar-refractivity contribution in [1.29, 1.82) is 0 Å². The van der Waals surface area contributed by atoms with Crippen LogP contribution in [0.1, 0.15) is 79.6 Å². The molecular formula is C21H34O4. The van der Waals surface area contributed by atoms with Gasteiger partial charge < -0.3 is 9.47 Å². The molecule has 4 heteroatoms. The predicted molar refractivity (Wildman–Crippen MR) is 95.8 cm³/mol. The third kappa shape index (κ3) is 3.46. The molecule has 142 valence electrons. The maximum atomic E-state index is 12.4. The van der Waals surface area contributed by atoms with E-state index in [2.05, 4.69) is 13.8 Å². The van der Waals surface area contributed by atoms with E-state index in [-0.39, 0.29) is 18.0 Å². The molecule has 4 saturated carbocycles. The zero-order valence-electron chi connectivity index (χ0n) is 16.5. The van der Waals surface area contributed by atoms with Crippen molar-refractivity contribution in [1.82, 2.24) is 0 Å². The van der Waals surface area contributed by atoms with Crippen LogP contribution < -0.4 is 0 Å². The van der Waals surface area contributed by atoms with Crippen LogP contribution in [-0.2, 0) is 19.1 Å². The molecule has 0 radical (unpaired) electrons. The Balaban J connectivity index is 1.60. The van der Waals surface area contributed by atoms with Crippen molar-refractivity contribution >= 4 is 11.9 Å². The smallest absolute Gasteiger partial charge is 0.344 e. The van der Waals surface area contributed by atoms with E-state index < -0.39 is 17.0 Å². The molecule has 25 heavy (non-hydrogen) atoms. The van der Waals surface area contributed by atoms with Gasteiger partial charge in [-0.15, -0.1) is 0 Å². The van der Waals surface area contributed by atoms with Crippen LogP contribution in [0.25, 0.3) is 0 Å². The number of hydrogen-bond acceptors (Lipinski definition) is 4. The van der Waals surface area contributed by atoms with Gasteiger partial charge in [0.1, 0.15) is 5.60 Å². The maximum absolute atomic E-state index is 12.4. The van der Waals surface area contributed by atoms with Crippen LogP contribution in [0, 0.1) is 28.6 Å². The zero-order chi connectivity index (χ0) is 18.5. The van der Waals surface area contributed by atoms with Crippen molar-refractivity contribution in [2.24, 2.45) is 28.6 Å². The number of carbonyl (C=O) groups is 2. The highest BCUT2D eigenvalue weighted by molar-refractivity contribution is 5.79. The maximum Gasteiger partial charge on any atom is 0.344 e. The van der Waals surface area contributed by atoms with E-state index in [1.807, 2.05) is 20.8 Å². The highest BCUT2D eigenvalue weighted by Gasteiger charge is 2.58. The highest BCUT2D eigenvalue weighted by Crippen LogP contribution is 2.64. The van der Waals surface area contributed by atoms with Gasteiger partial charge in [0.2, 0.25) is 0 Å². The second kappa shape index (κ2) is 6.28. The molecule has 4 bridgehead atoms. The Morgan fingerprint density at radius 2 is 1.44 bits per heavy atom. The predicted octanol–water partition coefficient (Wildman–Crippen LogP) is 4.50. The molecule has 4 aliphatic rings. The molecule has 0 unspecified atom stereocenters. The summed E-state index contributed by atoms with van der Waals surface area (Å²) in [6, 6.07) is 0. The second-order valence-corrected chi connectivity index (χ2v) is 10.00. The molecule has 0 aromatic heterocycles. The Hall–Kier alpha value is -1.06. The van der Waals surface area contributed by atoms with Gasteiger partial charge >= 0.3 is 11.9 Å². The van der Waals surface area contributed by atoms with Crippen molar-refractivity contribution in [3.63, 3.8) is 0 Å². The summed E-state index contributed by atoms with van der Waals surface area (Å²) in [5.74, 6) is 1.69. The van der Waals surface area contributed by atoms with Crippen LogP contribution >= 0.6 is 0 Å². The van der Waals surface area contributed by atoms with Crippen LogP contribution in [0.5, 0.6) is 0 Å². The second-order valence-electron chi connectivity index (χ2n) is 10.00. The first-order valence-electron chi connectivity index (χ1n) is 9.96. The summed E-state index contributed by atoms with van der Waals surface area (Å²) in [4.78, 5) is 24.4. The van der Waals surface area contributed by atoms with E-state index in [1.165, 1.54) is 38.5 Å². The lowest BCUT2D eigenvalue weighted by atomic mass is 9.46. The van der Waals surface area contributed by atoms with Gasteiger partial charge in [-0.05, 0) is 90.4 Å². The summed E-state index contributed by atoms with van der Waals surface area (Å²) in [5, 5.41) is 0. The molecule has 4 nitrogen and oxygen atoms in total. The molecule has 4 rings (SSSR count). The Kier molecular flexibility index (Phi) is 4.70. The van der Waals surface area contributed by atoms with Crippen LogP contribution in [-0.4, -0.2) is 24.1 Å². The van der Waals surface area contributed by atoms with E-state index in [1.54, 1.807) is 0 Å². The summed E-state index contributed by atoms with van der Waals surface area (Å²) >= 11 is 0. The lowest BCUT2D eigenvalue weighted by Gasteiger charge is -2.61. The van der Waals surface area contributed by atoms with Gasteiger partial charge in [0.05, 0.1) is 5.41 Å². The fourth-order valence-corrected chi connectivity index (χ4v) is 5.73. The summed E-state index contributed by atoms with van der Waals surface area (Å²) in [6.45, 7) is 9.46. The molecule has 0 aliphatic heterocycles. The number of carbonyl (C=O) groups excluding carboxylic acids is 2. The first kappa shape index (κ1) is 18.7. The quantitative estimate of drug-likeness (QED) is 0.662. The molecule has 0 aromatic rings. The van der Waals surface area contributed by atoms with Crippen LogP contribution in [0.15, 0.2) is 0 Å². The van der Waals surface area contributed by atoms with Gasteiger partial charge in [0, 0.05) is 5.41 Å². The molecule has 0 saturated heterocycles. The van der Waals surface area contributed by atoms with Crippen molar-refractivity contribution < 1.29 is 19.1 Å². The van der Waals surface area contributed by atoms with E-state index in [0.29, 0.717) is 6.42 Å². The Morgan fingerprint density at radius 1 is 0.960 bits per heavy atom. The van der Waals surface area contributed by atoms with Crippen LogP contribution in [0.3, 0.4) is 0 Å². The largest absolute Gasteiger partial charge is 0.457 e. The van der Waals surface area contributed by atoms with Crippen LogP contribution in [0.2, 0.25) is 0 Å². The summed E-state index contributed by atoms with van der Waals surface area (Å²) in [5.41, 5.74) is -0.938. The minimum absolute atomic E-state index is 0.115. The average molecular weight is 350 g/mol. The Morgan fingerprint density at radius 3 is 1.88 bits per heavy atom. The minimum atomic E-state index is -0.560. The molecule has 0 amide bonds. The SMILES string of the molecule is CCC(C)(C)C(=O)OCC(=O)OC(C)(C)C12CC3CC(CC(C3)C1)C2. The number of hydrogen-bond donors (Lipinski definition) is 0. The van der Waals surface area contributed by atoms with Crippen molar-refractivity contribution in [2.75, 3.05) is 6.61 Å². The molecular weight excluding hydrogens is 316 g/mol. The van der Waals surface area contributed by atoms with Gasteiger partial charge in [-0.3, -0.25) is 4.79 Å². The van der Waals surface area contributed by atoms with Gasteiger partial charge in [-0.2, -0.15) is 0 Å². The number of esters is 2. The fraction of sp³-hybridized carbons (Fsp3) is 0.905. The number of rotatable bonds is 6. The first-order valence-corrected chi connectivity index (χ1v) is 9.96. The summed E-state index contributed by atoms with van der Waals surface area (Å²) < 4.78 is 11.1. The third-order valence-electron chi connectivity index (χ3n) is 7.44. The average Bonchev–Trinajstić information content (AvgIpc) is 2.50. The molecule has 0 N–H and O–H groups in total. The van der Waals surface area contributed by atoms with Crippen LogP contribution in [0.4, 0.5) is 0 Å².